The van der Waals surface area contributed by atoms with Crippen LogP contribution in [0, 0.1) is 12.3 Å². The second-order valence-electron chi connectivity index (χ2n) is 6.05. The number of benzene rings is 1. The molecule has 0 aromatic heterocycles. The molecule has 0 spiro atoms. The van der Waals surface area contributed by atoms with Crippen LogP contribution in [0.25, 0.3) is 0 Å². The Morgan fingerprint density at radius 3 is 2.19 bits per heavy atom. The molecule has 2 rings (SSSR count). The second-order valence-corrected chi connectivity index (χ2v) is 6.05. The summed E-state index contributed by atoms with van der Waals surface area (Å²) in [5.74, 6) is 0. The van der Waals surface area contributed by atoms with Gasteiger partial charge in [-0.3, -0.25) is 0 Å². The van der Waals surface area contributed by atoms with E-state index in [1.54, 1.807) is 0 Å². The SMILES string of the molecule is Cc1ccc(C2(C(C)(C)C)CCCN2)cc1. The predicted molar refractivity (Wildman–Crippen MR) is 69.5 cm³/mol. The number of rotatable bonds is 1. The second kappa shape index (κ2) is 3.89. The Kier molecular flexibility index (Phi) is 2.83. The first kappa shape index (κ1) is 11.7. The van der Waals surface area contributed by atoms with Crippen LogP contribution in [0.1, 0.15) is 44.7 Å². The van der Waals surface area contributed by atoms with Crippen LogP contribution in [0.2, 0.25) is 0 Å². The zero-order valence-electron chi connectivity index (χ0n) is 10.9. The highest BCUT2D eigenvalue weighted by molar-refractivity contribution is 5.31. The molecule has 0 saturated carbocycles. The number of hydrogen-bond donors (Lipinski definition) is 1. The molecule has 1 aromatic carbocycles. The highest BCUT2D eigenvalue weighted by Crippen LogP contribution is 2.45. The predicted octanol–water partition coefficient (Wildman–Crippen LogP) is 3.62. The average molecular weight is 217 g/mol. The minimum absolute atomic E-state index is 0.167. The lowest BCUT2D eigenvalue weighted by molar-refractivity contribution is 0.160. The molecule has 88 valence electrons. The molecule has 1 atom stereocenters. The fourth-order valence-electron chi connectivity index (χ4n) is 2.90. The topological polar surface area (TPSA) is 12.0 Å². The van der Waals surface area contributed by atoms with Gasteiger partial charge >= 0.3 is 0 Å². The van der Waals surface area contributed by atoms with Crippen LogP contribution in [0.5, 0.6) is 0 Å². The lowest BCUT2D eigenvalue weighted by Gasteiger charge is -2.43. The molecule has 0 bridgehead atoms. The summed E-state index contributed by atoms with van der Waals surface area (Å²) in [7, 11) is 0. The van der Waals surface area contributed by atoms with E-state index in [1.807, 2.05) is 0 Å². The highest BCUT2D eigenvalue weighted by atomic mass is 15.0. The molecule has 1 aromatic rings. The fourth-order valence-corrected chi connectivity index (χ4v) is 2.90. The first-order valence-electron chi connectivity index (χ1n) is 6.28. The van der Waals surface area contributed by atoms with Gasteiger partial charge in [-0.1, -0.05) is 50.6 Å². The van der Waals surface area contributed by atoms with Gasteiger partial charge < -0.3 is 5.32 Å². The van der Waals surface area contributed by atoms with Crippen molar-refractivity contribution in [3.8, 4) is 0 Å². The molecule has 1 heterocycles. The maximum atomic E-state index is 3.75. The van der Waals surface area contributed by atoms with E-state index in [0.717, 1.165) is 6.54 Å². The first-order valence-corrected chi connectivity index (χ1v) is 6.28. The molecular formula is C15H23N. The van der Waals surface area contributed by atoms with E-state index in [2.05, 4.69) is 57.3 Å². The third-order valence-corrected chi connectivity index (χ3v) is 3.98. The van der Waals surface area contributed by atoms with Gasteiger partial charge in [-0.15, -0.1) is 0 Å². The van der Waals surface area contributed by atoms with Crippen LogP contribution < -0.4 is 5.32 Å². The van der Waals surface area contributed by atoms with Gasteiger partial charge in [0.25, 0.3) is 0 Å². The van der Waals surface area contributed by atoms with Crippen molar-refractivity contribution in [2.45, 2.75) is 46.1 Å². The number of hydrogen-bond acceptors (Lipinski definition) is 1. The van der Waals surface area contributed by atoms with Crippen molar-refractivity contribution < 1.29 is 0 Å². The Balaban J connectivity index is 2.44. The standard InChI is InChI=1S/C15H23N/c1-12-6-8-13(9-7-12)15(14(2,3)4)10-5-11-16-15/h6-9,16H,5,10-11H2,1-4H3. The molecule has 0 radical (unpaired) electrons. The Morgan fingerprint density at radius 2 is 1.75 bits per heavy atom. The third-order valence-electron chi connectivity index (χ3n) is 3.98. The van der Waals surface area contributed by atoms with Crippen molar-refractivity contribution in [1.29, 1.82) is 0 Å². The Hall–Kier alpha value is -0.820. The third kappa shape index (κ3) is 1.78. The molecule has 1 fully saturated rings. The number of aryl methyl sites for hydroxylation is 1. The summed E-state index contributed by atoms with van der Waals surface area (Å²) in [4.78, 5) is 0. The van der Waals surface area contributed by atoms with E-state index in [9.17, 15) is 0 Å². The molecular weight excluding hydrogens is 194 g/mol. The van der Waals surface area contributed by atoms with Gasteiger partial charge in [-0.2, -0.15) is 0 Å². The summed E-state index contributed by atoms with van der Waals surface area (Å²) in [6, 6.07) is 9.03. The molecule has 1 heteroatoms. The van der Waals surface area contributed by atoms with Crippen LogP contribution in [-0.2, 0) is 5.54 Å². The van der Waals surface area contributed by atoms with Gasteiger partial charge in [0, 0.05) is 5.54 Å². The molecule has 0 aliphatic carbocycles. The summed E-state index contributed by atoms with van der Waals surface area (Å²) >= 11 is 0. The van der Waals surface area contributed by atoms with Gasteiger partial charge in [0.1, 0.15) is 0 Å². The quantitative estimate of drug-likeness (QED) is 0.757. The van der Waals surface area contributed by atoms with Crippen LogP contribution >= 0.6 is 0 Å². The van der Waals surface area contributed by atoms with Crippen LogP contribution in [0.4, 0.5) is 0 Å². The Labute approximate surface area is 99.3 Å². The van der Waals surface area contributed by atoms with E-state index >= 15 is 0 Å². The van der Waals surface area contributed by atoms with Crippen molar-refractivity contribution in [1.82, 2.24) is 5.32 Å². The van der Waals surface area contributed by atoms with Crippen LogP contribution in [0.15, 0.2) is 24.3 Å². The summed E-state index contributed by atoms with van der Waals surface area (Å²) in [5.41, 5.74) is 3.22. The van der Waals surface area contributed by atoms with Crippen molar-refractivity contribution in [3.63, 3.8) is 0 Å². The lowest BCUT2D eigenvalue weighted by Crippen LogP contribution is -2.47. The lowest BCUT2D eigenvalue weighted by atomic mass is 9.68. The molecule has 16 heavy (non-hydrogen) atoms. The van der Waals surface area contributed by atoms with Gasteiger partial charge in [0.2, 0.25) is 0 Å². The Bertz CT molecular complexity index is 350. The van der Waals surface area contributed by atoms with Gasteiger partial charge in [-0.25, -0.2) is 0 Å². The summed E-state index contributed by atoms with van der Waals surface area (Å²) < 4.78 is 0. The van der Waals surface area contributed by atoms with E-state index < -0.39 is 0 Å². The Morgan fingerprint density at radius 1 is 1.12 bits per heavy atom. The van der Waals surface area contributed by atoms with Gasteiger partial charge in [0.15, 0.2) is 0 Å². The van der Waals surface area contributed by atoms with E-state index in [4.69, 9.17) is 0 Å². The van der Waals surface area contributed by atoms with Gasteiger partial charge in [0.05, 0.1) is 0 Å². The fraction of sp³-hybridized carbons (Fsp3) is 0.600. The largest absolute Gasteiger partial charge is 0.307 e. The molecule has 1 N–H and O–H groups in total. The van der Waals surface area contributed by atoms with E-state index in [-0.39, 0.29) is 11.0 Å². The molecule has 1 unspecified atom stereocenters. The zero-order chi connectivity index (χ0) is 11.8. The van der Waals surface area contributed by atoms with Crippen molar-refractivity contribution in [3.05, 3.63) is 35.4 Å². The molecule has 1 aliphatic rings. The maximum Gasteiger partial charge on any atom is 0.0484 e. The maximum absolute atomic E-state index is 3.75. The van der Waals surface area contributed by atoms with Crippen molar-refractivity contribution >= 4 is 0 Å². The first-order chi connectivity index (χ1) is 7.46. The van der Waals surface area contributed by atoms with Gasteiger partial charge in [-0.05, 0) is 37.3 Å². The summed E-state index contributed by atoms with van der Waals surface area (Å²) in [6.45, 7) is 10.3. The zero-order valence-corrected chi connectivity index (χ0v) is 10.9. The average Bonchev–Trinajstić information content (AvgIpc) is 2.68. The van der Waals surface area contributed by atoms with Crippen LogP contribution in [-0.4, -0.2) is 6.54 Å². The molecule has 0 amide bonds. The van der Waals surface area contributed by atoms with Crippen LogP contribution in [0.3, 0.4) is 0 Å². The summed E-state index contributed by atoms with van der Waals surface area (Å²) in [6.07, 6.45) is 2.53. The van der Waals surface area contributed by atoms with Crippen molar-refractivity contribution in [2.75, 3.05) is 6.54 Å². The normalized spacial score (nSPS) is 26.0. The minimum atomic E-state index is 0.167. The van der Waals surface area contributed by atoms with E-state index in [1.165, 1.54) is 24.0 Å². The van der Waals surface area contributed by atoms with E-state index in [0.29, 0.717) is 0 Å². The molecule has 1 saturated heterocycles. The highest BCUT2D eigenvalue weighted by Gasteiger charge is 2.44. The monoisotopic (exact) mass is 217 g/mol. The molecule has 1 nitrogen and oxygen atoms in total. The minimum Gasteiger partial charge on any atom is -0.307 e. The molecule has 1 aliphatic heterocycles. The number of nitrogens with one attached hydrogen (secondary N) is 1. The summed E-state index contributed by atoms with van der Waals surface area (Å²) in [5, 5.41) is 3.75. The smallest absolute Gasteiger partial charge is 0.0484 e. The van der Waals surface area contributed by atoms with Crippen molar-refractivity contribution in [2.24, 2.45) is 5.41 Å².